The molecule has 26 nitrogen and oxygen atoms in total. The van der Waals surface area contributed by atoms with E-state index in [4.69, 9.17) is 23.7 Å². The SMILES string of the molecule is O=C(OCC(=O)[C@@H](OC(=O)c1cc(O)c(O)c(O)c1)[C@H](OC(=O)c1cc(O)c(O)c(O)c1)[C@@H](COC(=O)c1cc(O)c(O)c(O)c1)OC(=O)c1cc(O)c(O)c(O)c1)c1cc(O)c(O)c(O)c1. The summed E-state index contributed by atoms with van der Waals surface area (Å²) >= 11 is 0. The summed E-state index contributed by atoms with van der Waals surface area (Å²) in [5, 5.41) is 149. The Morgan fingerprint density at radius 3 is 0.910 bits per heavy atom. The molecule has 0 saturated carbocycles. The second-order valence-corrected chi connectivity index (χ2v) is 13.6. The Kier molecular flexibility index (Phi) is 13.8. The quantitative estimate of drug-likeness (QED) is 0.0402. The fourth-order valence-corrected chi connectivity index (χ4v) is 5.58. The van der Waals surface area contributed by atoms with Crippen LogP contribution in [-0.4, -0.2) is 144 Å². The lowest BCUT2D eigenvalue weighted by molar-refractivity contribution is -0.146. The van der Waals surface area contributed by atoms with Crippen molar-refractivity contribution in [3.8, 4) is 86.2 Å². The Balaban J connectivity index is 1.68. The van der Waals surface area contributed by atoms with Crippen LogP contribution in [0.1, 0.15) is 51.8 Å². The first kappa shape index (κ1) is 48.2. The molecule has 0 saturated heterocycles. The van der Waals surface area contributed by atoms with Gasteiger partial charge in [-0.25, -0.2) is 24.0 Å². The minimum Gasteiger partial charge on any atom is -0.504 e. The van der Waals surface area contributed by atoms with Crippen LogP contribution in [0.4, 0.5) is 0 Å². The van der Waals surface area contributed by atoms with Crippen molar-refractivity contribution in [2.24, 2.45) is 0 Å². The molecule has 0 aromatic heterocycles. The Morgan fingerprint density at radius 2 is 0.597 bits per heavy atom. The summed E-state index contributed by atoms with van der Waals surface area (Å²) in [5.74, 6) is -27.0. The van der Waals surface area contributed by atoms with Crippen molar-refractivity contribution in [2.45, 2.75) is 18.3 Å². The molecule has 0 spiro atoms. The number of esters is 5. The number of benzene rings is 5. The number of ketones is 1. The highest BCUT2D eigenvalue weighted by atomic mass is 16.6. The summed E-state index contributed by atoms with van der Waals surface area (Å²) in [4.78, 5) is 81.7. The van der Waals surface area contributed by atoms with Crippen molar-refractivity contribution < 1.29 is 129 Å². The van der Waals surface area contributed by atoms with E-state index in [-0.39, 0.29) is 0 Å². The largest absolute Gasteiger partial charge is 0.504 e. The third-order valence-corrected chi connectivity index (χ3v) is 8.97. The number of hydrogen-bond acceptors (Lipinski definition) is 26. The molecule has 5 rings (SSSR count). The first-order chi connectivity index (χ1) is 31.4. The van der Waals surface area contributed by atoms with Crippen LogP contribution in [0.15, 0.2) is 60.7 Å². The van der Waals surface area contributed by atoms with Crippen LogP contribution in [0.5, 0.6) is 86.2 Å². The summed E-state index contributed by atoms with van der Waals surface area (Å²) < 4.78 is 26.2. The van der Waals surface area contributed by atoms with Gasteiger partial charge in [-0.2, -0.15) is 0 Å². The monoisotopic (exact) mass is 940 g/mol. The van der Waals surface area contributed by atoms with Crippen LogP contribution in [0.3, 0.4) is 0 Å². The molecule has 0 heterocycles. The molecule has 0 aliphatic rings. The standard InChI is InChI=1S/C41H32O26/c42-18-1-13(2-19(43)30(18)53)37(58)63-11-28(52)35(66-40(61)16-7-24(48)33(56)25(49)8-16)36(67-41(62)17-9-26(50)34(57)27(51)10-17)29(65-39(60)15-5-22(46)32(55)23(47)6-15)12-64-38(59)14-3-20(44)31(54)21(45)4-14/h1-10,29,35-36,42-51,53-57H,11-12H2/t29-,35-,36-/m1/s1. The summed E-state index contributed by atoms with van der Waals surface area (Å²) in [6.07, 6.45) is -8.29. The van der Waals surface area contributed by atoms with Gasteiger partial charge in [-0.05, 0) is 60.7 Å². The molecule has 5 aromatic rings. The average molecular weight is 941 g/mol. The zero-order chi connectivity index (χ0) is 49.8. The van der Waals surface area contributed by atoms with Crippen LogP contribution < -0.4 is 0 Å². The van der Waals surface area contributed by atoms with Crippen molar-refractivity contribution in [1.29, 1.82) is 0 Å². The van der Waals surface area contributed by atoms with E-state index in [2.05, 4.69) is 0 Å². The number of ether oxygens (including phenoxy) is 5. The first-order valence-corrected chi connectivity index (χ1v) is 18.1. The van der Waals surface area contributed by atoms with Gasteiger partial charge in [0.2, 0.25) is 11.9 Å². The number of phenols is 15. The van der Waals surface area contributed by atoms with E-state index in [0.717, 1.165) is 0 Å². The van der Waals surface area contributed by atoms with Gasteiger partial charge in [0, 0.05) is 0 Å². The Labute approximate surface area is 370 Å². The molecule has 26 heteroatoms. The number of carbonyl (C=O) groups excluding carboxylic acids is 6. The first-order valence-electron chi connectivity index (χ1n) is 18.1. The highest BCUT2D eigenvalue weighted by Gasteiger charge is 2.45. The third kappa shape index (κ3) is 10.7. The Hall–Kier alpha value is -9.88. The minimum atomic E-state index is -2.89. The predicted octanol–water partition coefficient (Wildman–Crippen LogP) is 1.53. The number of carbonyl (C=O) groups is 6. The van der Waals surface area contributed by atoms with E-state index in [1.165, 1.54) is 0 Å². The van der Waals surface area contributed by atoms with Gasteiger partial charge in [-0.1, -0.05) is 0 Å². The highest BCUT2D eigenvalue weighted by Crippen LogP contribution is 2.40. The molecule has 0 aliphatic carbocycles. The molecule has 0 radical (unpaired) electrons. The molecule has 0 bridgehead atoms. The number of rotatable bonds is 15. The summed E-state index contributed by atoms with van der Waals surface area (Å²) in [6.45, 7) is -3.10. The molecule has 5 aromatic carbocycles. The van der Waals surface area contributed by atoms with Crippen molar-refractivity contribution in [3.63, 3.8) is 0 Å². The fraction of sp³-hybridized carbons (Fsp3) is 0.122. The van der Waals surface area contributed by atoms with Crippen molar-refractivity contribution >= 4 is 35.6 Å². The topological polar surface area (TPSA) is 452 Å². The van der Waals surface area contributed by atoms with Gasteiger partial charge in [-0.3, -0.25) is 4.79 Å². The molecular weight excluding hydrogens is 908 g/mol. The van der Waals surface area contributed by atoms with Crippen LogP contribution in [0.2, 0.25) is 0 Å². The molecule has 352 valence electrons. The van der Waals surface area contributed by atoms with Gasteiger partial charge in [0.15, 0.2) is 105 Å². The Bertz CT molecular complexity index is 2720. The maximum Gasteiger partial charge on any atom is 0.339 e. The molecule has 0 fully saturated rings. The molecule has 0 aliphatic heterocycles. The second kappa shape index (κ2) is 19.2. The zero-order valence-corrected chi connectivity index (χ0v) is 33.1. The van der Waals surface area contributed by atoms with Crippen LogP contribution in [-0.2, 0) is 28.5 Å². The smallest absolute Gasteiger partial charge is 0.339 e. The molecule has 3 atom stereocenters. The number of aromatic hydroxyl groups is 15. The van der Waals surface area contributed by atoms with E-state index < -0.39 is 181 Å². The number of Topliss-reactive ketones (excluding diaryl/α,β-unsaturated/α-hetero) is 1. The van der Waals surface area contributed by atoms with Gasteiger partial charge in [0.1, 0.15) is 6.61 Å². The van der Waals surface area contributed by atoms with Gasteiger partial charge < -0.3 is 100 Å². The van der Waals surface area contributed by atoms with E-state index in [1.807, 2.05) is 0 Å². The maximum absolute atomic E-state index is 14.2. The van der Waals surface area contributed by atoms with E-state index >= 15 is 0 Å². The van der Waals surface area contributed by atoms with Crippen molar-refractivity contribution in [2.75, 3.05) is 13.2 Å². The van der Waals surface area contributed by atoms with Crippen LogP contribution in [0, 0.1) is 0 Å². The highest BCUT2D eigenvalue weighted by molar-refractivity contribution is 5.98. The lowest BCUT2D eigenvalue weighted by Crippen LogP contribution is -2.52. The lowest BCUT2D eigenvalue weighted by atomic mass is 10.0. The lowest BCUT2D eigenvalue weighted by Gasteiger charge is -2.31. The van der Waals surface area contributed by atoms with Crippen molar-refractivity contribution in [1.82, 2.24) is 0 Å². The fourth-order valence-electron chi connectivity index (χ4n) is 5.58. The van der Waals surface area contributed by atoms with Gasteiger partial charge in [-0.15, -0.1) is 0 Å². The number of hydrogen-bond donors (Lipinski definition) is 15. The van der Waals surface area contributed by atoms with Crippen LogP contribution in [0.25, 0.3) is 0 Å². The molecular formula is C41H32O26. The third-order valence-electron chi connectivity index (χ3n) is 8.97. The van der Waals surface area contributed by atoms with Gasteiger partial charge in [0.25, 0.3) is 0 Å². The maximum atomic E-state index is 14.2. The van der Waals surface area contributed by atoms with Crippen molar-refractivity contribution in [3.05, 3.63) is 88.5 Å². The number of phenolic OH excluding ortho intramolecular Hbond substituents is 15. The van der Waals surface area contributed by atoms with Crippen LogP contribution >= 0.6 is 0 Å². The van der Waals surface area contributed by atoms with Gasteiger partial charge >= 0.3 is 29.8 Å². The summed E-state index contributed by atoms with van der Waals surface area (Å²) in [7, 11) is 0. The Morgan fingerprint density at radius 1 is 0.343 bits per heavy atom. The average Bonchev–Trinajstić information content (AvgIpc) is 3.27. The molecule has 0 unspecified atom stereocenters. The summed E-state index contributed by atoms with van der Waals surface area (Å²) in [5.41, 5.74) is -4.16. The van der Waals surface area contributed by atoms with E-state index in [9.17, 15) is 105 Å². The second-order valence-electron chi connectivity index (χ2n) is 13.6. The zero-order valence-electron chi connectivity index (χ0n) is 33.1. The minimum absolute atomic E-state index is 0.469. The molecule has 15 N–H and O–H groups in total. The predicted molar refractivity (Wildman–Crippen MR) is 210 cm³/mol. The van der Waals surface area contributed by atoms with E-state index in [0.29, 0.717) is 60.7 Å². The van der Waals surface area contributed by atoms with E-state index in [1.54, 1.807) is 0 Å². The normalized spacial score (nSPS) is 12.2. The summed E-state index contributed by atoms with van der Waals surface area (Å²) in [6, 6.07) is 5.10. The molecule has 67 heavy (non-hydrogen) atoms. The molecule has 0 amide bonds. The van der Waals surface area contributed by atoms with Gasteiger partial charge in [0.05, 0.1) is 27.8 Å².